The summed E-state index contributed by atoms with van der Waals surface area (Å²) in [5.74, 6) is -1.38. The molecule has 0 radical (unpaired) electrons. The van der Waals surface area contributed by atoms with E-state index in [1.54, 1.807) is 37.5 Å². The van der Waals surface area contributed by atoms with Gasteiger partial charge < -0.3 is 14.4 Å². The third kappa shape index (κ3) is 2.05. The summed E-state index contributed by atoms with van der Waals surface area (Å²) in [5.41, 5.74) is -0.879. The van der Waals surface area contributed by atoms with Crippen molar-refractivity contribution in [1.29, 1.82) is 0 Å². The molecule has 0 aromatic heterocycles. The highest BCUT2D eigenvalue weighted by atomic mass is 16.5. The summed E-state index contributed by atoms with van der Waals surface area (Å²) in [5, 5.41) is 0. The van der Waals surface area contributed by atoms with Gasteiger partial charge in [0.1, 0.15) is 5.75 Å². The minimum Gasteiger partial charge on any atom is -0.497 e. The van der Waals surface area contributed by atoms with E-state index in [1.165, 1.54) is 12.0 Å². The number of hydrogen-bond donors (Lipinski definition) is 0. The molecule has 0 N–H and O–H groups in total. The third-order valence-electron chi connectivity index (χ3n) is 4.56. The number of allylic oxidation sites excluding steroid dienone is 1. The number of anilines is 1. The van der Waals surface area contributed by atoms with Crippen LogP contribution in [0.25, 0.3) is 0 Å². The van der Waals surface area contributed by atoms with Crippen LogP contribution in [0.1, 0.15) is 12.8 Å². The number of carbonyl (C=O) groups is 3. The number of rotatable bonds is 3. The number of nitrogens with zero attached hydrogens (tertiary/aromatic N) is 1. The van der Waals surface area contributed by atoms with Gasteiger partial charge in [-0.25, -0.2) is 0 Å². The van der Waals surface area contributed by atoms with Crippen LogP contribution in [0.4, 0.5) is 5.69 Å². The summed E-state index contributed by atoms with van der Waals surface area (Å²) < 4.78 is 9.95. The Morgan fingerprint density at radius 1 is 1.17 bits per heavy atom. The molecule has 0 unspecified atom stereocenters. The molecule has 120 valence electrons. The molecule has 1 amide bonds. The molecule has 0 spiro atoms. The molecule has 1 aromatic carbocycles. The predicted molar refractivity (Wildman–Crippen MR) is 82.1 cm³/mol. The normalized spacial score (nSPS) is 26.2. The van der Waals surface area contributed by atoms with Crippen LogP contribution in [0.15, 0.2) is 36.4 Å². The maximum atomic E-state index is 12.6. The summed E-state index contributed by atoms with van der Waals surface area (Å²) in [7, 11) is 2.79. The Morgan fingerprint density at radius 2 is 1.87 bits per heavy atom. The monoisotopic (exact) mass is 315 g/mol. The van der Waals surface area contributed by atoms with E-state index in [0.717, 1.165) is 0 Å². The first kappa shape index (κ1) is 15.3. The molecule has 1 saturated heterocycles. The number of ketones is 1. The topological polar surface area (TPSA) is 72.9 Å². The van der Waals surface area contributed by atoms with Gasteiger partial charge in [-0.3, -0.25) is 14.4 Å². The van der Waals surface area contributed by atoms with E-state index in [4.69, 9.17) is 9.47 Å². The molecule has 6 nitrogen and oxygen atoms in total. The molecule has 1 fully saturated rings. The zero-order valence-electron chi connectivity index (χ0n) is 12.9. The molecule has 1 aromatic rings. The van der Waals surface area contributed by atoms with Gasteiger partial charge in [-0.1, -0.05) is 12.2 Å². The van der Waals surface area contributed by atoms with Crippen LogP contribution in [0.2, 0.25) is 0 Å². The van der Waals surface area contributed by atoms with Crippen LogP contribution in [-0.4, -0.2) is 37.9 Å². The lowest BCUT2D eigenvalue weighted by molar-refractivity contribution is -0.158. The van der Waals surface area contributed by atoms with Gasteiger partial charge in [-0.05, 0) is 37.1 Å². The van der Waals surface area contributed by atoms with Crippen LogP contribution in [0.3, 0.4) is 0 Å². The van der Waals surface area contributed by atoms with Crippen LogP contribution < -0.4 is 9.64 Å². The Bertz CT molecular complexity index is 693. The fourth-order valence-electron chi connectivity index (χ4n) is 3.38. The average molecular weight is 315 g/mol. The zero-order valence-corrected chi connectivity index (χ0v) is 12.9. The Kier molecular flexibility index (Phi) is 3.67. The summed E-state index contributed by atoms with van der Waals surface area (Å²) in [6.07, 6.45) is 4.25. The fraction of sp³-hybridized carbons (Fsp3) is 0.353. The summed E-state index contributed by atoms with van der Waals surface area (Å²) in [4.78, 5) is 38.9. The second-order valence-corrected chi connectivity index (χ2v) is 5.59. The van der Waals surface area contributed by atoms with Crippen molar-refractivity contribution in [2.75, 3.05) is 19.1 Å². The first-order valence-electron chi connectivity index (χ1n) is 7.31. The van der Waals surface area contributed by atoms with Crippen LogP contribution >= 0.6 is 0 Å². The number of fused-ring (bicyclic) bond motifs is 1. The maximum absolute atomic E-state index is 12.6. The lowest BCUT2D eigenvalue weighted by Crippen LogP contribution is -2.48. The van der Waals surface area contributed by atoms with Crippen molar-refractivity contribution < 1.29 is 23.9 Å². The number of Topliss-reactive ketones (excluding diaryl/α,β-unsaturated/α-hetero) is 1. The van der Waals surface area contributed by atoms with Gasteiger partial charge in [0.2, 0.25) is 5.78 Å². The van der Waals surface area contributed by atoms with Gasteiger partial charge in [-0.15, -0.1) is 0 Å². The molecule has 3 rings (SSSR count). The molecule has 1 heterocycles. The van der Waals surface area contributed by atoms with Crippen LogP contribution in [-0.2, 0) is 19.1 Å². The molecule has 6 heteroatoms. The van der Waals surface area contributed by atoms with Gasteiger partial charge in [0.05, 0.1) is 20.3 Å². The standard InChI is InChI=1S/C17H17NO5/c1-22-12-8-6-11(7-9-12)18-13-5-3-4-10-17(13,16(21)23-2)14(19)15(18)20/h3-4,6-9,13H,5,10H2,1-2H3/t13-,17-/m1/s1. The number of ether oxygens (including phenoxy) is 2. The quantitative estimate of drug-likeness (QED) is 0.366. The molecule has 1 aliphatic carbocycles. The SMILES string of the molecule is COC(=O)[C@]12CC=CC[C@H]1N(c1ccc(OC)cc1)C(=O)C2=O. The van der Waals surface area contributed by atoms with E-state index in [9.17, 15) is 14.4 Å². The highest BCUT2D eigenvalue weighted by Crippen LogP contribution is 2.45. The highest BCUT2D eigenvalue weighted by molar-refractivity contribution is 6.49. The minimum absolute atomic E-state index is 0.182. The Hall–Kier alpha value is -2.63. The number of carbonyl (C=O) groups excluding carboxylic acids is 3. The fourth-order valence-corrected chi connectivity index (χ4v) is 3.38. The van der Waals surface area contributed by atoms with Gasteiger partial charge in [0.15, 0.2) is 5.41 Å². The number of benzene rings is 1. The van der Waals surface area contributed by atoms with Crippen molar-refractivity contribution >= 4 is 23.3 Å². The lowest BCUT2D eigenvalue weighted by Gasteiger charge is -2.35. The average Bonchev–Trinajstić information content (AvgIpc) is 2.83. The summed E-state index contributed by atoms with van der Waals surface area (Å²) in [6.45, 7) is 0. The van der Waals surface area contributed by atoms with E-state index in [-0.39, 0.29) is 6.42 Å². The number of esters is 1. The molecule has 1 aliphatic heterocycles. The highest BCUT2D eigenvalue weighted by Gasteiger charge is 2.64. The number of hydrogen-bond acceptors (Lipinski definition) is 5. The van der Waals surface area contributed by atoms with Gasteiger partial charge in [0.25, 0.3) is 5.91 Å². The lowest BCUT2D eigenvalue weighted by atomic mass is 9.72. The smallest absolute Gasteiger partial charge is 0.322 e. The maximum Gasteiger partial charge on any atom is 0.322 e. The zero-order chi connectivity index (χ0) is 16.6. The van der Waals surface area contributed by atoms with Crippen molar-refractivity contribution in [1.82, 2.24) is 0 Å². The van der Waals surface area contributed by atoms with E-state index in [1.807, 2.05) is 6.08 Å². The largest absolute Gasteiger partial charge is 0.497 e. The summed E-state index contributed by atoms with van der Waals surface area (Å²) in [6, 6.07) is 6.27. The molecule has 2 aliphatic rings. The van der Waals surface area contributed by atoms with Crippen molar-refractivity contribution in [3.63, 3.8) is 0 Å². The molecular formula is C17H17NO5. The van der Waals surface area contributed by atoms with Crippen molar-refractivity contribution in [2.24, 2.45) is 5.41 Å². The predicted octanol–water partition coefficient (Wildman–Crippen LogP) is 1.49. The molecule has 23 heavy (non-hydrogen) atoms. The summed E-state index contributed by atoms with van der Waals surface area (Å²) >= 11 is 0. The van der Waals surface area contributed by atoms with E-state index in [0.29, 0.717) is 17.9 Å². The Balaban J connectivity index is 2.08. The second kappa shape index (κ2) is 5.53. The van der Waals surface area contributed by atoms with Gasteiger partial charge >= 0.3 is 5.97 Å². The Morgan fingerprint density at radius 3 is 2.48 bits per heavy atom. The van der Waals surface area contributed by atoms with E-state index < -0.39 is 29.1 Å². The van der Waals surface area contributed by atoms with Crippen molar-refractivity contribution in [3.05, 3.63) is 36.4 Å². The third-order valence-corrected chi connectivity index (χ3v) is 4.56. The minimum atomic E-state index is -1.44. The van der Waals surface area contributed by atoms with E-state index in [2.05, 4.69) is 0 Å². The van der Waals surface area contributed by atoms with Crippen molar-refractivity contribution in [3.8, 4) is 5.75 Å². The molecule has 0 bridgehead atoms. The number of methoxy groups -OCH3 is 2. The second-order valence-electron chi connectivity index (χ2n) is 5.59. The van der Waals surface area contributed by atoms with Gasteiger partial charge in [0, 0.05) is 5.69 Å². The first-order chi connectivity index (χ1) is 11.1. The first-order valence-corrected chi connectivity index (χ1v) is 7.31. The van der Waals surface area contributed by atoms with E-state index >= 15 is 0 Å². The molecular weight excluding hydrogens is 298 g/mol. The van der Waals surface area contributed by atoms with Crippen molar-refractivity contribution in [2.45, 2.75) is 18.9 Å². The number of amides is 1. The van der Waals surface area contributed by atoms with Crippen LogP contribution in [0.5, 0.6) is 5.75 Å². The molecule has 0 saturated carbocycles. The van der Waals surface area contributed by atoms with Gasteiger partial charge in [-0.2, -0.15) is 0 Å². The van der Waals surface area contributed by atoms with Crippen LogP contribution in [0, 0.1) is 5.41 Å². The molecule has 2 atom stereocenters. The Labute approximate surface area is 133 Å².